The maximum Gasteiger partial charge on any atom is 0.309 e. The predicted molar refractivity (Wildman–Crippen MR) is 221 cm³/mol. The summed E-state index contributed by atoms with van der Waals surface area (Å²) in [5, 5.41) is 13.0. The maximum atomic E-state index is 15.9. The number of carbonyl (C=O) groups excluding carboxylic acids is 1. The summed E-state index contributed by atoms with van der Waals surface area (Å²) in [7, 11) is 3.53. The van der Waals surface area contributed by atoms with Crippen LogP contribution in [0.2, 0.25) is 0 Å². The van der Waals surface area contributed by atoms with Gasteiger partial charge in [-0.25, -0.2) is 9.37 Å². The fourth-order valence-corrected chi connectivity index (χ4v) is 10.1. The standard InChI is InChI=1S/C46H55FN6O4/c1-30-32(24-36(47)38-25-41(57-4)33(26-48-38)27-52-20-6-5-7-21-52)10-8-11-34(30)35-12-9-13-37(31(35)2)50-43(54)42-49-39-28-53(22-14-40(39)51(42)3)23-19-45-15-17-46(29-45,18-16-45)44(55)56/h8-13,24-26H,5-7,14-23,27-29H2,1-4H3,(H,50,54)(H,55,56)/b36-24-. The molecule has 0 atom stereocenters. The Kier molecular flexibility index (Phi) is 10.8. The monoisotopic (exact) mass is 774 g/mol. The van der Waals surface area contributed by atoms with Crippen molar-refractivity contribution >= 4 is 29.5 Å². The third kappa shape index (κ3) is 7.64. The van der Waals surface area contributed by atoms with Crippen LogP contribution in [0.4, 0.5) is 10.1 Å². The first-order valence-corrected chi connectivity index (χ1v) is 20.6. The fourth-order valence-electron chi connectivity index (χ4n) is 10.1. The highest BCUT2D eigenvalue weighted by atomic mass is 19.1. The van der Waals surface area contributed by atoms with Crippen LogP contribution in [0.5, 0.6) is 5.75 Å². The molecule has 3 fully saturated rings. The van der Waals surface area contributed by atoms with E-state index in [1.165, 1.54) is 25.3 Å². The van der Waals surface area contributed by atoms with Gasteiger partial charge in [-0.3, -0.25) is 24.4 Å². The molecule has 4 aromatic rings. The number of carbonyl (C=O) groups is 2. The Hall–Kier alpha value is -4.87. The SMILES string of the molecule is COc1cc(/C(F)=C/c2cccc(-c3cccc(NC(=O)c4nc5c(n4C)CCN(CCC46CCC(C(=O)O)(CC4)C6)C5)c3C)c2C)ncc1CN1CCCCC1. The summed E-state index contributed by atoms with van der Waals surface area (Å²) in [6.07, 6.45) is 13.2. The van der Waals surface area contributed by atoms with E-state index in [-0.39, 0.29) is 17.0 Å². The Balaban J connectivity index is 0.949. The van der Waals surface area contributed by atoms with Crippen LogP contribution in [0.3, 0.4) is 0 Å². The molecule has 2 bridgehead atoms. The summed E-state index contributed by atoms with van der Waals surface area (Å²) in [5.41, 5.74) is 8.01. The number of amides is 1. The van der Waals surface area contributed by atoms with Crippen LogP contribution < -0.4 is 10.1 Å². The number of aromatic nitrogens is 3. The van der Waals surface area contributed by atoms with Gasteiger partial charge < -0.3 is 19.7 Å². The number of nitrogens with one attached hydrogen (secondary N) is 1. The molecule has 57 heavy (non-hydrogen) atoms. The Morgan fingerprint density at radius 2 is 1.72 bits per heavy atom. The van der Waals surface area contributed by atoms with Gasteiger partial charge in [-0.2, -0.15) is 0 Å². The molecule has 1 amide bonds. The van der Waals surface area contributed by atoms with Gasteiger partial charge in [0.2, 0.25) is 0 Å². The molecule has 0 spiro atoms. The number of pyridine rings is 1. The second-order valence-electron chi connectivity index (χ2n) is 17.1. The van der Waals surface area contributed by atoms with E-state index in [0.717, 1.165) is 122 Å². The predicted octanol–water partition coefficient (Wildman–Crippen LogP) is 8.60. The number of rotatable bonds is 12. The average Bonchev–Trinajstić information content (AvgIpc) is 3.90. The smallest absolute Gasteiger partial charge is 0.309 e. The largest absolute Gasteiger partial charge is 0.496 e. The summed E-state index contributed by atoms with van der Waals surface area (Å²) in [5.74, 6) is -0.298. The molecule has 10 nitrogen and oxygen atoms in total. The lowest BCUT2D eigenvalue weighted by molar-refractivity contribution is -0.148. The number of aliphatic carboxylic acids is 1. The molecule has 2 saturated carbocycles. The number of hydrogen-bond donors (Lipinski definition) is 2. The van der Waals surface area contributed by atoms with E-state index >= 15 is 4.39 Å². The molecular formula is C46H55FN6O4. The lowest BCUT2D eigenvalue weighted by Gasteiger charge is -2.32. The van der Waals surface area contributed by atoms with Crippen LogP contribution in [0.15, 0.2) is 48.7 Å². The van der Waals surface area contributed by atoms with Crippen LogP contribution in [0.25, 0.3) is 23.0 Å². The maximum absolute atomic E-state index is 15.9. The second-order valence-corrected chi connectivity index (χ2v) is 17.1. The average molecular weight is 775 g/mol. The molecule has 11 heteroatoms. The van der Waals surface area contributed by atoms with Gasteiger partial charge in [0.1, 0.15) is 17.3 Å². The van der Waals surface area contributed by atoms with Gasteiger partial charge in [0, 0.05) is 62.3 Å². The number of fused-ring (bicyclic) bond motifs is 3. The number of ether oxygens (including phenoxy) is 1. The van der Waals surface area contributed by atoms with Gasteiger partial charge in [-0.15, -0.1) is 0 Å². The van der Waals surface area contributed by atoms with Crippen molar-refractivity contribution in [2.45, 2.75) is 91.1 Å². The normalized spacial score (nSPS) is 22.4. The molecule has 0 radical (unpaired) electrons. The van der Waals surface area contributed by atoms with Gasteiger partial charge in [0.25, 0.3) is 5.91 Å². The van der Waals surface area contributed by atoms with Crippen molar-refractivity contribution in [1.82, 2.24) is 24.3 Å². The molecule has 2 aliphatic heterocycles. The van der Waals surface area contributed by atoms with Gasteiger partial charge >= 0.3 is 5.97 Å². The van der Waals surface area contributed by atoms with Gasteiger partial charge in [-0.05, 0) is 130 Å². The van der Waals surface area contributed by atoms with Crippen LogP contribution in [0, 0.1) is 24.7 Å². The highest BCUT2D eigenvalue weighted by Gasteiger charge is 2.57. The quantitative estimate of drug-likeness (QED) is 0.147. The number of carboxylic acids is 1. The van der Waals surface area contributed by atoms with E-state index in [4.69, 9.17) is 9.72 Å². The van der Waals surface area contributed by atoms with E-state index in [1.54, 1.807) is 19.4 Å². The van der Waals surface area contributed by atoms with Crippen molar-refractivity contribution < 1.29 is 23.8 Å². The molecule has 0 unspecified atom stereocenters. The number of hydrogen-bond acceptors (Lipinski definition) is 7. The number of likely N-dealkylation sites (tertiary alicyclic amines) is 1. The van der Waals surface area contributed by atoms with Gasteiger partial charge in [-0.1, -0.05) is 36.8 Å². The Morgan fingerprint density at radius 1 is 0.982 bits per heavy atom. The van der Waals surface area contributed by atoms with E-state index in [9.17, 15) is 14.7 Å². The summed E-state index contributed by atoms with van der Waals surface area (Å²) in [6, 6.07) is 13.4. The highest BCUT2D eigenvalue weighted by molar-refractivity contribution is 6.03. The van der Waals surface area contributed by atoms with Gasteiger partial charge in [0.15, 0.2) is 5.82 Å². The first-order valence-electron chi connectivity index (χ1n) is 20.6. The van der Waals surface area contributed by atoms with Crippen LogP contribution >= 0.6 is 0 Å². The lowest BCUT2D eigenvalue weighted by atomic mass is 9.80. The molecule has 2 N–H and O–H groups in total. The third-order valence-electron chi connectivity index (χ3n) is 13.7. The minimum atomic E-state index is -0.616. The number of benzene rings is 2. The summed E-state index contributed by atoms with van der Waals surface area (Å²) in [4.78, 5) is 39.9. The number of nitrogens with zero attached hydrogens (tertiary/aromatic N) is 5. The zero-order valence-electron chi connectivity index (χ0n) is 33.8. The molecule has 300 valence electrons. The number of halogens is 1. The Labute approximate surface area is 335 Å². The number of anilines is 1. The number of piperidine rings is 1. The van der Waals surface area contributed by atoms with Crippen molar-refractivity contribution in [3.8, 4) is 16.9 Å². The van der Waals surface area contributed by atoms with Crippen molar-refractivity contribution in [3.05, 3.63) is 93.8 Å². The highest BCUT2D eigenvalue weighted by Crippen LogP contribution is 2.63. The number of imidazole rings is 1. The van der Waals surface area contributed by atoms with Crippen molar-refractivity contribution in [2.75, 3.05) is 38.6 Å². The van der Waals surface area contributed by atoms with E-state index < -0.39 is 17.2 Å². The molecule has 1 saturated heterocycles. The summed E-state index contributed by atoms with van der Waals surface area (Å²) < 4.78 is 23.5. The zero-order valence-corrected chi connectivity index (χ0v) is 33.8. The molecular weight excluding hydrogens is 720 g/mol. The van der Waals surface area contributed by atoms with Crippen molar-refractivity contribution in [2.24, 2.45) is 17.9 Å². The van der Waals surface area contributed by atoms with E-state index in [0.29, 0.717) is 23.8 Å². The topological polar surface area (TPSA) is 113 Å². The molecule has 2 aromatic heterocycles. The third-order valence-corrected chi connectivity index (χ3v) is 13.7. The first kappa shape index (κ1) is 39.0. The molecule has 4 heterocycles. The van der Waals surface area contributed by atoms with Gasteiger partial charge in [0.05, 0.1) is 18.2 Å². The fraction of sp³-hybridized carbons (Fsp3) is 0.478. The minimum Gasteiger partial charge on any atom is -0.496 e. The lowest BCUT2D eigenvalue weighted by Crippen LogP contribution is -2.34. The Bertz CT molecular complexity index is 2210. The van der Waals surface area contributed by atoms with Crippen LogP contribution in [-0.2, 0) is 31.4 Å². The molecule has 2 aliphatic carbocycles. The molecule has 4 aliphatic rings. The molecule has 8 rings (SSSR count). The molecule has 2 aromatic carbocycles. The van der Waals surface area contributed by atoms with E-state index in [2.05, 4.69) is 20.1 Å². The van der Waals surface area contributed by atoms with Crippen molar-refractivity contribution in [3.63, 3.8) is 0 Å². The number of carboxylic acid groups (broad SMARTS) is 1. The summed E-state index contributed by atoms with van der Waals surface area (Å²) >= 11 is 0. The van der Waals surface area contributed by atoms with Crippen LogP contribution in [-0.4, -0.2) is 74.6 Å². The van der Waals surface area contributed by atoms with Crippen molar-refractivity contribution in [1.29, 1.82) is 0 Å². The van der Waals surface area contributed by atoms with E-state index in [1.807, 2.05) is 61.9 Å². The number of methoxy groups -OCH3 is 1. The first-order chi connectivity index (χ1) is 27.5. The van der Waals surface area contributed by atoms with Crippen LogP contribution in [0.1, 0.15) is 108 Å². The zero-order chi connectivity index (χ0) is 39.9. The minimum absolute atomic E-state index is 0.151. The second kappa shape index (κ2) is 15.8. The Morgan fingerprint density at radius 3 is 2.44 bits per heavy atom. The summed E-state index contributed by atoms with van der Waals surface area (Å²) in [6.45, 7) is 9.32.